The van der Waals surface area contributed by atoms with Crippen LogP contribution in [0.3, 0.4) is 0 Å². The molecule has 0 radical (unpaired) electrons. The summed E-state index contributed by atoms with van der Waals surface area (Å²) in [5.74, 6) is 1.03. The van der Waals surface area contributed by atoms with E-state index >= 15 is 0 Å². The smallest absolute Gasteiger partial charge is 0.343 e. The van der Waals surface area contributed by atoms with Gasteiger partial charge in [0.15, 0.2) is 18.1 Å². The third kappa shape index (κ3) is 4.49. The molecule has 2 aromatic carbocycles. The Morgan fingerprint density at radius 3 is 2.63 bits per heavy atom. The Hall–Kier alpha value is -3.23. The number of benzene rings is 2. The molecule has 3 rings (SSSR count). The van der Waals surface area contributed by atoms with Gasteiger partial charge in [-0.1, -0.05) is 17.7 Å². The molecule has 6 heteroatoms. The number of hydrogen-bond donors (Lipinski definition) is 0. The van der Waals surface area contributed by atoms with Gasteiger partial charge >= 0.3 is 5.97 Å². The molecule has 0 aliphatic carbocycles. The lowest BCUT2D eigenvalue weighted by Gasteiger charge is -2.10. The van der Waals surface area contributed by atoms with Crippen molar-refractivity contribution >= 4 is 29.4 Å². The number of carbonyl (C=O) groups excluding carboxylic acids is 1. The van der Waals surface area contributed by atoms with E-state index in [0.717, 1.165) is 11.1 Å². The van der Waals surface area contributed by atoms with Gasteiger partial charge in [0.2, 0.25) is 0 Å². The zero-order valence-corrected chi connectivity index (χ0v) is 15.3. The molecule has 0 bridgehead atoms. The van der Waals surface area contributed by atoms with Crippen molar-refractivity contribution in [3.05, 3.63) is 70.3 Å². The highest BCUT2D eigenvalue weighted by atomic mass is 35.5. The molecule has 136 valence electrons. The van der Waals surface area contributed by atoms with Gasteiger partial charge < -0.3 is 14.2 Å². The lowest BCUT2D eigenvalue weighted by Crippen LogP contribution is -2.00. The summed E-state index contributed by atoms with van der Waals surface area (Å²) >= 11 is 5.89. The number of rotatable bonds is 6. The average molecular weight is 382 g/mol. The van der Waals surface area contributed by atoms with E-state index in [0.29, 0.717) is 34.5 Å². The van der Waals surface area contributed by atoms with Crippen LogP contribution >= 0.6 is 11.6 Å². The van der Waals surface area contributed by atoms with Crippen LogP contribution in [0.15, 0.2) is 54.1 Å². The molecule has 0 saturated heterocycles. The van der Waals surface area contributed by atoms with Gasteiger partial charge in [0.25, 0.3) is 0 Å². The normalized spacial score (nSPS) is 14.5. The Morgan fingerprint density at radius 2 is 1.93 bits per heavy atom. The van der Waals surface area contributed by atoms with E-state index in [9.17, 15) is 4.79 Å². The van der Waals surface area contributed by atoms with Crippen molar-refractivity contribution in [2.24, 2.45) is 0 Å². The zero-order chi connectivity index (χ0) is 19.2. The van der Waals surface area contributed by atoms with Gasteiger partial charge in [0.1, 0.15) is 11.8 Å². The summed E-state index contributed by atoms with van der Waals surface area (Å²) in [7, 11) is 0. The molecule has 0 unspecified atom stereocenters. The average Bonchev–Trinajstić information content (AvgIpc) is 3.02. The highest BCUT2D eigenvalue weighted by Crippen LogP contribution is 2.32. The third-order valence-electron chi connectivity index (χ3n) is 3.74. The second-order valence-electron chi connectivity index (χ2n) is 5.59. The first-order chi connectivity index (χ1) is 13.1. The number of cyclic esters (lactones) is 1. The number of nitriles is 1. The van der Waals surface area contributed by atoms with Crippen molar-refractivity contribution in [1.29, 1.82) is 5.26 Å². The van der Waals surface area contributed by atoms with Crippen molar-refractivity contribution in [2.75, 3.05) is 13.2 Å². The van der Waals surface area contributed by atoms with Gasteiger partial charge in [-0.3, -0.25) is 0 Å². The van der Waals surface area contributed by atoms with Crippen LogP contribution in [0, 0.1) is 11.3 Å². The number of nitrogens with zero attached hydrogens (tertiary/aromatic N) is 1. The number of hydrogen-bond acceptors (Lipinski definition) is 5. The van der Waals surface area contributed by atoms with E-state index in [2.05, 4.69) is 0 Å². The molecule has 27 heavy (non-hydrogen) atoms. The largest absolute Gasteiger partial charge is 0.490 e. The predicted molar refractivity (Wildman–Crippen MR) is 102 cm³/mol. The Kier molecular flexibility index (Phi) is 5.80. The first-order valence-corrected chi connectivity index (χ1v) is 8.66. The summed E-state index contributed by atoms with van der Waals surface area (Å²) < 4.78 is 16.3. The first kappa shape index (κ1) is 18.6. The molecule has 2 aromatic rings. The second-order valence-corrected chi connectivity index (χ2v) is 6.03. The van der Waals surface area contributed by atoms with Crippen molar-refractivity contribution in [3.8, 4) is 17.6 Å². The fraction of sp³-hybridized carbons (Fsp3) is 0.143. The molecule has 5 nitrogen and oxygen atoms in total. The van der Waals surface area contributed by atoms with Crippen LogP contribution < -0.4 is 9.47 Å². The topological polar surface area (TPSA) is 68.6 Å². The van der Waals surface area contributed by atoms with Crippen LogP contribution in [-0.2, 0) is 9.53 Å². The van der Waals surface area contributed by atoms with Crippen LogP contribution in [0.2, 0.25) is 5.02 Å². The Balaban J connectivity index is 1.88. The minimum absolute atomic E-state index is 0.0694. The molecule has 0 amide bonds. The van der Waals surface area contributed by atoms with Gasteiger partial charge in [-0.25, -0.2) is 4.79 Å². The van der Waals surface area contributed by atoms with Gasteiger partial charge in [-0.2, -0.15) is 5.26 Å². The number of esters is 1. The van der Waals surface area contributed by atoms with Crippen molar-refractivity contribution in [2.45, 2.75) is 6.92 Å². The zero-order valence-electron chi connectivity index (χ0n) is 14.6. The number of carbonyl (C=O) groups is 1. The molecule has 0 spiro atoms. The maximum absolute atomic E-state index is 12.2. The standard InChI is InChI=1S/C21H16ClNO4/c1-2-25-20-12-14(3-8-18(20)26-10-9-23)11-16-13-19(27-21(16)24)15-4-6-17(22)7-5-15/h3-8,11-13H,2,10H2,1H3/b16-11+. The van der Waals surface area contributed by atoms with Crippen LogP contribution in [-0.4, -0.2) is 19.2 Å². The summed E-state index contributed by atoms with van der Waals surface area (Å²) in [6, 6.07) is 14.2. The van der Waals surface area contributed by atoms with Crippen molar-refractivity contribution in [1.82, 2.24) is 0 Å². The highest BCUT2D eigenvalue weighted by molar-refractivity contribution is 6.30. The molecule has 0 aromatic heterocycles. The summed E-state index contributed by atoms with van der Waals surface area (Å²) in [6.07, 6.45) is 3.40. The minimum Gasteiger partial charge on any atom is -0.490 e. The van der Waals surface area contributed by atoms with E-state index in [-0.39, 0.29) is 6.61 Å². The van der Waals surface area contributed by atoms with E-state index in [1.54, 1.807) is 54.6 Å². The molecule has 0 saturated carbocycles. The Labute approximate surface area is 162 Å². The fourth-order valence-electron chi connectivity index (χ4n) is 2.54. The van der Waals surface area contributed by atoms with Gasteiger partial charge in [0, 0.05) is 10.6 Å². The molecular weight excluding hydrogens is 366 g/mol. The maximum Gasteiger partial charge on any atom is 0.343 e. The van der Waals surface area contributed by atoms with Gasteiger partial charge in [-0.05, 0) is 61.0 Å². The summed E-state index contributed by atoms with van der Waals surface area (Å²) in [5.41, 5.74) is 1.95. The van der Waals surface area contributed by atoms with Crippen molar-refractivity contribution < 1.29 is 19.0 Å². The van der Waals surface area contributed by atoms with E-state index in [4.69, 9.17) is 31.1 Å². The quantitative estimate of drug-likeness (QED) is 0.539. The highest BCUT2D eigenvalue weighted by Gasteiger charge is 2.22. The van der Waals surface area contributed by atoms with Crippen LogP contribution in [0.1, 0.15) is 18.1 Å². The number of ether oxygens (including phenoxy) is 3. The van der Waals surface area contributed by atoms with E-state index < -0.39 is 5.97 Å². The Bertz CT molecular complexity index is 955. The van der Waals surface area contributed by atoms with Crippen molar-refractivity contribution in [3.63, 3.8) is 0 Å². The van der Waals surface area contributed by atoms with Gasteiger partial charge in [-0.15, -0.1) is 0 Å². The van der Waals surface area contributed by atoms with E-state index in [1.165, 1.54) is 0 Å². The first-order valence-electron chi connectivity index (χ1n) is 8.29. The predicted octanol–water partition coefficient (Wildman–Crippen LogP) is 4.62. The number of halogens is 1. The molecule has 0 N–H and O–H groups in total. The SMILES string of the molecule is CCOc1cc(/C=C2\C=C(c3ccc(Cl)cc3)OC2=O)ccc1OCC#N. The van der Waals surface area contributed by atoms with Crippen LogP contribution in [0.4, 0.5) is 0 Å². The van der Waals surface area contributed by atoms with Gasteiger partial charge in [0.05, 0.1) is 12.2 Å². The second kappa shape index (κ2) is 8.43. The monoisotopic (exact) mass is 381 g/mol. The lowest BCUT2D eigenvalue weighted by molar-refractivity contribution is -0.130. The van der Waals surface area contributed by atoms with Crippen LogP contribution in [0.5, 0.6) is 11.5 Å². The van der Waals surface area contributed by atoms with E-state index in [1.807, 2.05) is 13.0 Å². The summed E-state index contributed by atoms with van der Waals surface area (Å²) in [5, 5.41) is 9.28. The molecule has 1 heterocycles. The minimum atomic E-state index is -0.428. The lowest BCUT2D eigenvalue weighted by atomic mass is 10.1. The molecule has 1 aliphatic heterocycles. The molecular formula is C21H16ClNO4. The Morgan fingerprint density at radius 1 is 1.15 bits per heavy atom. The molecule has 1 aliphatic rings. The van der Waals surface area contributed by atoms with Crippen LogP contribution in [0.25, 0.3) is 11.8 Å². The summed E-state index contributed by atoms with van der Waals surface area (Å²) in [6.45, 7) is 2.24. The maximum atomic E-state index is 12.2. The summed E-state index contributed by atoms with van der Waals surface area (Å²) in [4.78, 5) is 12.2. The molecule has 0 atom stereocenters. The fourth-order valence-corrected chi connectivity index (χ4v) is 2.66. The third-order valence-corrected chi connectivity index (χ3v) is 3.99. The molecule has 0 fully saturated rings.